The molecule has 0 aliphatic rings. The minimum Gasteiger partial charge on any atom is -0.444 e. The quantitative estimate of drug-likeness (QED) is 0.744. The number of benzene rings is 1. The van der Waals surface area contributed by atoms with Gasteiger partial charge in [-0.05, 0) is 57.9 Å². The minimum atomic E-state index is -4.90. The molecule has 1 rings (SSSR count). The van der Waals surface area contributed by atoms with E-state index in [1.54, 1.807) is 20.8 Å². The van der Waals surface area contributed by atoms with E-state index < -0.39 is 41.2 Å². The van der Waals surface area contributed by atoms with Crippen molar-refractivity contribution in [1.82, 2.24) is 5.32 Å². The first-order chi connectivity index (χ1) is 11.1. The second-order valence-corrected chi connectivity index (χ2v) is 6.67. The Morgan fingerprint density at radius 2 is 1.44 bits per heavy atom. The third kappa shape index (κ3) is 7.23. The van der Waals surface area contributed by atoms with Gasteiger partial charge in [-0.2, -0.15) is 26.3 Å². The highest BCUT2D eigenvalue weighted by molar-refractivity contribution is 5.68. The molecule has 0 aromatic heterocycles. The summed E-state index contributed by atoms with van der Waals surface area (Å²) in [6.45, 7) is 6.33. The van der Waals surface area contributed by atoms with Crippen LogP contribution in [0.1, 0.15) is 44.4 Å². The highest BCUT2D eigenvalue weighted by atomic mass is 19.4. The molecule has 1 amide bonds. The molecule has 0 saturated heterocycles. The molecule has 0 fully saturated rings. The predicted octanol–water partition coefficient (Wildman–Crippen LogP) is 5.18. The van der Waals surface area contributed by atoms with E-state index in [0.717, 1.165) is 0 Å². The normalized spacial score (nSPS) is 14.2. The number of hydrogen-bond acceptors (Lipinski definition) is 2. The van der Waals surface area contributed by atoms with Gasteiger partial charge in [-0.15, -0.1) is 0 Å². The lowest BCUT2D eigenvalue weighted by atomic mass is 10.00. The molecule has 1 aromatic rings. The number of alkyl halides is 6. The lowest BCUT2D eigenvalue weighted by Crippen LogP contribution is -2.38. The largest absolute Gasteiger partial charge is 0.444 e. The maximum Gasteiger partial charge on any atom is 0.416 e. The third-order valence-electron chi connectivity index (χ3n) is 2.95. The van der Waals surface area contributed by atoms with E-state index in [1.165, 1.54) is 6.92 Å². The standard InChI is InChI=1S/C16H19F6NO2/c1-9(23-13(24)25-14(2,3)4)5-10-6-11(15(17,18)19)8-12(7-10)16(20,21)22/h6-9H,5H2,1-4H3,(H,23,24)/t9-/m0/s1. The van der Waals surface area contributed by atoms with E-state index in [2.05, 4.69) is 5.32 Å². The van der Waals surface area contributed by atoms with E-state index in [9.17, 15) is 31.1 Å². The maximum atomic E-state index is 12.8. The number of hydrogen-bond donors (Lipinski definition) is 1. The Morgan fingerprint density at radius 3 is 1.80 bits per heavy atom. The van der Waals surface area contributed by atoms with Crippen LogP contribution >= 0.6 is 0 Å². The van der Waals surface area contributed by atoms with Gasteiger partial charge in [0, 0.05) is 6.04 Å². The van der Waals surface area contributed by atoms with Crippen LogP contribution in [0.4, 0.5) is 31.1 Å². The van der Waals surface area contributed by atoms with E-state index in [4.69, 9.17) is 4.74 Å². The molecule has 0 aliphatic carbocycles. The van der Waals surface area contributed by atoms with Crippen LogP contribution in [0.5, 0.6) is 0 Å². The number of carbonyl (C=O) groups excluding carboxylic acids is 1. The summed E-state index contributed by atoms with van der Waals surface area (Å²) in [6.07, 6.45) is -10.8. The molecule has 142 valence electrons. The molecular weight excluding hydrogens is 352 g/mol. The van der Waals surface area contributed by atoms with Crippen molar-refractivity contribution >= 4 is 6.09 Å². The molecule has 0 aliphatic heterocycles. The summed E-state index contributed by atoms with van der Waals surface area (Å²) < 4.78 is 81.9. The Morgan fingerprint density at radius 1 is 1.00 bits per heavy atom. The van der Waals surface area contributed by atoms with Crippen molar-refractivity contribution in [3.8, 4) is 0 Å². The van der Waals surface area contributed by atoms with Gasteiger partial charge in [0.1, 0.15) is 5.60 Å². The highest BCUT2D eigenvalue weighted by Gasteiger charge is 2.37. The third-order valence-corrected chi connectivity index (χ3v) is 2.95. The molecule has 0 saturated carbocycles. The van der Waals surface area contributed by atoms with Gasteiger partial charge in [-0.3, -0.25) is 0 Å². The number of carbonyl (C=O) groups is 1. The fourth-order valence-corrected chi connectivity index (χ4v) is 2.05. The van der Waals surface area contributed by atoms with Crippen LogP contribution in [0.2, 0.25) is 0 Å². The molecule has 0 bridgehead atoms. The second-order valence-electron chi connectivity index (χ2n) is 6.67. The lowest BCUT2D eigenvalue weighted by Gasteiger charge is -2.22. The zero-order chi connectivity index (χ0) is 19.6. The van der Waals surface area contributed by atoms with E-state index in [-0.39, 0.29) is 18.1 Å². The van der Waals surface area contributed by atoms with Crippen molar-refractivity contribution < 1.29 is 35.9 Å². The zero-order valence-corrected chi connectivity index (χ0v) is 14.1. The van der Waals surface area contributed by atoms with Crippen molar-refractivity contribution in [3.63, 3.8) is 0 Å². The molecule has 0 heterocycles. The van der Waals surface area contributed by atoms with Gasteiger partial charge in [-0.1, -0.05) is 0 Å². The first-order valence-electron chi connectivity index (χ1n) is 7.36. The number of amides is 1. The molecule has 3 nitrogen and oxygen atoms in total. The summed E-state index contributed by atoms with van der Waals surface area (Å²) in [5.74, 6) is 0. The Bertz CT molecular complexity index is 584. The average molecular weight is 371 g/mol. The fraction of sp³-hybridized carbons (Fsp3) is 0.562. The van der Waals surface area contributed by atoms with E-state index >= 15 is 0 Å². The highest BCUT2D eigenvalue weighted by Crippen LogP contribution is 2.36. The van der Waals surface area contributed by atoms with Crippen molar-refractivity contribution in [2.75, 3.05) is 0 Å². The van der Waals surface area contributed by atoms with Crippen molar-refractivity contribution in [2.24, 2.45) is 0 Å². The van der Waals surface area contributed by atoms with Crippen molar-refractivity contribution in [1.29, 1.82) is 0 Å². The van der Waals surface area contributed by atoms with Crippen LogP contribution in [-0.2, 0) is 23.5 Å². The molecule has 25 heavy (non-hydrogen) atoms. The first-order valence-corrected chi connectivity index (χ1v) is 7.36. The van der Waals surface area contributed by atoms with Gasteiger partial charge in [0.25, 0.3) is 0 Å². The van der Waals surface area contributed by atoms with Crippen molar-refractivity contribution in [2.45, 2.75) is 58.1 Å². The molecule has 0 unspecified atom stereocenters. The summed E-state index contributed by atoms with van der Waals surface area (Å²) >= 11 is 0. The molecule has 0 spiro atoms. The number of ether oxygens (including phenoxy) is 1. The molecule has 1 N–H and O–H groups in total. The number of alkyl carbamates (subject to hydrolysis) is 1. The zero-order valence-electron chi connectivity index (χ0n) is 14.1. The van der Waals surface area contributed by atoms with Crippen LogP contribution in [0.15, 0.2) is 18.2 Å². The van der Waals surface area contributed by atoms with Crippen molar-refractivity contribution in [3.05, 3.63) is 34.9 Å². The van der Waals surface area contributed by atoms with Gasteiger partial charge in [0.15, 0.2) is 0 Å². The van der Waals surface area contributed by atoms with Gasteiger partial charge in [0.05, 0.1) is 11.1 Å². The number of rotatable bonds is 3. The topological polar surface area (TPSA) is 38.3 Å². The van der Waals surface area contributed by atoms with Crippen LogP contribution in [-0.4, -0.2) is 17.7 Å². The SMILES string of the molecule is C[C@@H](Cc1cc(C(F)(F)F)cc(C(F)(F)F)c1)NC(=O)OC(C)(C)C. The van der Waals surface area contributed by atoms with Crippen LogP contribution in [0.25, 0.3) is 0 Å². The van der Waals surface area contributed by atoms with Gasteiger partial charge >= 0.3 is 18.4 Å². The molecule has 1 aromatic carbocycles. The van der Waals surface area contributed by atoms with E-state index in [1.807, 2.05) is 0 Å². The van der Waals surface area contributed by atoms with Gasteiger partial charge in [0.2, 0.25) is 0 Å². The summed E-state index contributed by atoms with van der Waals surface area (Å²) in [4.78, 5) is 11.6. The Kier molecular flexibility index (Phi) is 6.02. The number of halogens is 6. The molecular formula is C16H19F6NO2. The summed E-state index contributed by atoms with van der Waals surface area (Å²) in [6, 6.07) is 0.625. The van der Waals surface area contributed by atoms with Crippen LogP contribution < -0.4 is 5.32 Å². The monoisotopic (exact) mass is 371 g/mol. The van der Waals surface area contributed by atoms with Gasteiger partial charge in [-0.25, -0.2) is 4.79 Å². The molecule has 0 radical (unpaired) electrons. The molecule has 1 atom stereocenters. The Labute approximate surface area is 141 Å². The second kappa shape index (κ2) is 7.13. The molecule has 9 heteroatoms. The fourth-order valence-electron chi connectivity index (χ4n) is 2.05. The number of nitrogens with one attached hydrogen (secondary N) is 1. The first kappa shape index (κ1) is 21.1. The van der Waals surface area contributed by atoms with Crippen LogP contribution in [0, 0.1) is 0 Å². The van der Waals surface area contributed by atoms with Gasteiger partial charge < -0.3 is 10.1 Å². The van der Waals surface area contributed by atoms with E-state index in [0.29, 0.717) is 12.1 Å². The lowest BCUT2D eigenvalue weighted by molar-refractivity contribution is -0.143. The summed E-state index contributed by atoms with van der Waals surface area (Å²) in [5, 5.41) is 2.38. The summed E-state index contributed by atoms with van der Waals surface area (Å²) in [7, 11) is 0. The Balaban J connectivity index is 2.99. The minimum absolute atomic E-state index is 0.0649. The Hall–Kier alpha value is -1.93. The summed E-state index contributed by atoms with van der Waals surface area (Å²) in [5.41, 5.74) is -3.74. The van der Waals surface area contributed by atoms with Crippen LogP contribution in [0.3, 0.4) is 0 Å². The predicted molar refractivity (Wildman–Crippen MR) is 79.0 cm³/mol. The maximum absolute atomic E-state index is 12.8. The average Bonchev–Trinajstić information content (AvgIpc) is 2.33. The smallest absolute Gasteiger partial charge is 0.416 e.